The van der Waals surface area contributed by atoms with Gasteiger partial charge < -0.3 is 14.5 Å². The Morgan fingerprint density at radius 1 is 1.64 bits per heavy atom. The summed E-state index contributed by atoms with van der Waals surface area (Å²) < 4.78 is 11.5. The lowest BCUT2D eigenvalue weighted by Crippen LogP contribution is -2.25. The second-order valence-corrected chi connectivity index (χ2v) is 4.42. The van der Waals surface area contributed by atoms with Gasteiger partial charge in [-0.05, 0) is 34.5 Å². The molecule has 4 heteroatoms. The SMILES string of the molecule is COCC1CC(c2ccc(Br)o2)CN1. The van der Waals surface area contributed by atoms with Gasteiger partial charge in [0.15, 0.2) is 4.67 Å². The van der Waals surface area contributed by atoms with Gasteiger partial charge in [0, 0.05) is 25.6 Å². The van der Waals surface area contributed by atoms with Crippen LogP contribution < -0.4 is 5.32 Å². The van der Waals surface area contributed by atoms with Crippen LogP contribution in [-0.4, -0.2) is 26.3 Å². The van der Waals surface area contributed by atoms with E-state index >= 15 is 0 Å². The maximum Gasteiger partial charge on any atom is 0.169 e. The summed E-state index contributed by atoms with van der Waals surface area (Å²) in [4.78, 5) is 0. The van der Waals surface area contributed by atoms with Crippen molar-refractivity contribution in [2.45, 2.75) is 18.4 Å². The van der Waals surface area contributed by atoms with Gasteiger partial charge in [-0.15, -0.1) is 0 Å². The lowest BCUT2D eigenvalue weighted by molar-refractivity contribution is 0.173. The molecule has 1 N–H and O–H groups in total. The minimum atomic E-state index is 0.467. The van der Waals surface area contributed by atoms with Gasteiger partial charge in [0.05, 0.1) is 6.61 Å². The van der Waals surface area contributed by atoms with Gasteiger partial charge in [0.25, 0.3) is 0 Å². The summed E-state index contributed by atoms with van der Waals surface area (Å²) in [5.41, 5.74) is 0. The highest BCUT2D eigenvalue weighted by atomic mass is 79.9. The topological polar surface area (TPSA) is 34.4 Å². The fourth-order valence-corrected chi connectivity index (χ4v) is 2.23. The fourth-order valence-electron chi connectivity index (χ4n) is 1.91. The molecule has 0 spiro atoms. The molecule has 2 unspecified atom stereocenters. The van der Waals surface area contributed by atoms with Crippen LogP contribution in [-0.2, 0) is 4.74 Å². The Bertz CT molecular complexity index is 300. The van der Waals surface area contributed by atoms with Crippen molar-refractivity contribution >= 4 is 15.9 Å². The molecular weight excluding hydrogens is 246 g/mol. The number of furan rings is 1. The molecule has 1 aliphatic rings. The van der Waals surface area contributed by atoms with E-state index in [1.807, 2.05) is 12.1 Å². The highest BCUT2D eigenvalue weighted by molar-refractivity contribution is 9.10. The van der Waals surface area contributed by atoms with Crippen molar-refractivity contribution in [3.63, 3.8) is 0 Å². The summed E-state index contributed by atoms with van der Waals surface area (Å²) in [6, 6.07) is 4.44. The van der Waals surface area contributed by atoms with E-state index in [0.29, 0.717) is 12.0 Å². The Kier molecular flexibility index (Phi) is 3.26. The van der Waals surface area contributed by atoms with E-state index in [-0.39, 0.29) is 0 Å². The van der Waals surface area contributed by atoms with Gasteiger partial charge in [-0.25, -0.2) is 0 Å². The van der Waals surface area contributed by atoms with Crippen molar-refractivity contribution in [1.29, 1.82) is 0 Å². The molecule has 1 aromatic heterocycles. The quantitative estimate of drug-likeness (QED) is 0.904. The average molecular weight is 260 g/mol. The van der Waals surface area contributed by atoms with Crippen LogP contribution in [0.1, 0.15) is 18.1 Å². The van der Waals surface area contributed by atoms with E-state index in [1.165, 1.54) is 0 Å². The van der Waals surface area contributed by atoms with E-state index in [0.717, 1.165) is 30.0 Å². The minimum absolute atomic E-state index is 0.467. The lowest BCUT2D eigenvalue weighted by Gasteiger charge is -2.07. The summed E-state index contributed by atoms with van der Waals surface area (Å²) in [6.07, 6.45) is 1.09. The van der Waals surface area contributed by atoms with Crippen molar-refractivity contribution in [2.24, 2.45) is 0 Å². The molecule has 2 heterocycles. The van der Waals surface area contributed by atoms with Crippen molar-refractivity contribution in [3.05, 3.63) is 22.6 Å². The summed E-state index contributed by atoms with van der Waals surface area (Å²) >= 11 is 3.31. The molecule has 1 fully saturated rings. The van der Waals surface area contributed by atoms with Crippen LogP contribution in [0.4, 0.5) is 0 Å². The van der Waals surface area contributed by atoms with Gasteiger partial charge in [0.2, 0.25) is 0 Å². The van der Waals surface area contributed by atoms with Gasteiger partial charge in [-0.2, -0.15) is 0 Å². The first-order valence-corrected chi connectivity index (χ1v) is 5.56. The molecule has 0 aromatic carbocycles. The molecule has 0 saturated carbocycles. The minimum Gasteiger partial charge on any atom is -0.454 e. The van der Waals surface area contributed by atoms with Gasteiger partial charge in [0.1, 0.15) is 5.76 Å². The fraction of sp³-hybridized carbons (Fsp3) is 0.600. The Balaban J connectivity index is 1.95. The Morgan fingerprint density at radius 2 is 2.50 bits per heavy atom. The Labute approximate surface area is 91.9 Å². The predicted molar refractivity (Wildman–Crippen MR) is 57.4 cm³/mol. The van der Waals surface area contributed by atoms with Crippen molar-refractivity contribution < 1.29 is 9.15 Å². The number of hydrogen-bond donors (Lipinski definition) is 1. The number of halogens is 1. The van der Waals surface area contributed by atoms with Crippen molar-refractivity contribution in [1.82, 2.24) is 5.32 Å². The second kappa shape index (κ2) is 4.47. The maximum absolute atomic E-state index is 5.53. The molecular formula is C10H14BrNO2. The molecule has 3 nitrogen and oxygen atoms in total. The third kappa shape index (κ3) is 2.19. The number of nitrogens with one attached hydrogen (secondary N) is 1. The summed E-state index contributed by atoms with van der Waals surface area (Å²) in [5.74, 6) is 1.55. The van der Waals surface area contributed by atoms with E-state index in [2.05, 4.69) is 21.2 Å². The van der Waals surface area contributed by atoms with Crippen LogP contribution >= 0.6 is 15.9 Å². The monoisotopic (exact) mass is 259 g/mol. The van der Waals surface area contributed by atoms with Crippen LogP contribution in [0.15, 0.2) is 21.2 Å². The lowest BCUT2D eigenvalue weighted by atomic mass is 10.0. The second-order valence-electron chi connectivity index (χ2n) is 3.64. The van der Waals surface area contributed by atoms with Gasteiger partial charge in [-0.3, -0.25) is 0 Å². The summed E-state index contributed by atoms with van der Waals surface area (Å²) in [7, 11) is 1.73. The van der Waals surface area contributed by atoms with E-state index in [1.54, 1.807) is 7.11 Å². The molecule has 2 atom stereocenters. The molecule has 0 amide bonds. The van der Waals surface area contributed by atoms with E-state index in [9.17, 15) is 0 Å². The smallest absolute Gasteiger partial charge is 0.169 e. The number of rotatable bonds is 3. The molecule has 2 rings (SSSR count). The maximum atomic E-state index is 5.53. The number of methoxy groups -OCH3 is 1. The third-order valence-corrected chi connectivity index (χ3v) is 3.01. The largest absolute Gasteiger partial charge is 0.454 e. The zero-order valence-corrected chi connectivity index (χ0v) is 9.71. The molecule has 1 aromatic rings. The highest BCUT2D eigenvalue weighted by Crippen LogP contribution is 2.28. The van der Waals surface area contributed by atoms with Crippen LogP contribution in [0.3, 0.4) is 0 Å². The highest BCUT2D eigenvalue weighted by Gasteiger charge is 2.27. The average Bonchev–Trinajstić information content (AvgIpc) is 2.74. The van der Waals surface area contributed by atoms with Crippen molar-refractivity contribution in [2.75, 3.05) is 20.3 Å². The first kappa shape index (κ1) is 10.2. The molecule has 0 bridgehead atoms. The van der Waals surface area contributed by atoms with Crippen LogP contribution in [0.5, 0.6) is 0 Å². The van der Waals surface area contributed by atoms with Crippen LogP contribution in [0.2, 0.25) is 0 Å². The molecule has 1 saturated heterocycles. The molecule has 78 valence electrons. The van der Waals surface area contributed by atoms with E-state index in [4.69, 9.17) is 9.15 Å². The van der Waals surface area contributed by atoms with Crippen LogP contribution in [0.25, 0.3) is 0 Å². The summed E-state index contributed by atoms with van der Waals surface area (Å²) in [6.45, 7) is 1.76. The third-order valence-electron chi connectivity index (χ3n) is 2.59. The Hall–Kier alpha value is -0.320. The zero-order valence-electron chi connectivity index (χ0n) is 8.13. The van der Waals surface area contributed by atoms with Gasteiger partial charge in [-0.1, -0.05) is 0 Å². The number of hydrogen-bond acceptors (Lipinski definition) is 3. The van der Waals surface area contributed by atoms with Crippen LogP contribution in [0, 0.1) is 0 Å². The van der Waals surface area contributed by atoms with Gasteiger partial charge >= 0.3 is 0 Å². The molecule has 1 aliphatic heterocycles. The Morgan fingerprint density at radius 3 is 3.14 bits per heavy atom. The normalized spacial score (nSPS) is 27.0. The van der Waals surface area contributed by atoms with Crippen molar-refractivity contribution in [3.8, 4) is 0 Å². The first-order chi connectivity index (χ1) is 6.79. The first-order valence-electron chi connectivity index (χ1n) is 4.77. The molecule has 14 heavy (non-hydrogen) atoms. The zero-order chi connectivity index (χ0) is 9.97. The van der Waals surface area contributed by atoms with E-state index < -0.39 is 0 Å². The molecule has 0 aliphatic carbocycles. The number of ether oxygens (including phenoxy) is 1. The predicted octanol–water partition coefficient (Wildman–Crippen LogP) is 2.13. The molecule has 0 radical (unpaired) electrons. The standard InChI is InChI=1S/C10H14BrNO2/c1-13-6-8-4-7(5-12-8)9-2-3-10(11)14-9/h2-3,7-8,12H,4-6H2,1H3. The summed E-state index contributed by atoms with van der Waals surface area (Å²) in [5, 5.41) is 3.42.